The van der Waals surface area contributed by atoms with E-state index in [0.717, 1.165) is 67.3 Å². The number of likely N-dealkylation sites (tertiary alicyclic amines) is 1. The molecular formula is C47H46Cl2F8N8O9S. The summed E-state index contributed by atoms with van der Waals surface area (Å²) in [7, 11) is -3.96. The Hall–Kier alpha value is -6.13. The van der Waals surface area contributed by atoms with Gasteiger partial charge in [-0.15, -0.1) is 20.4 Å². The summed E-state index contributed by atoms with van der Waals surface area (Å²) in [4.78, 5) is 30.0. The lowest BCUT2D eigenvalue weighted by Crippen LogP contribution is -2.43. The van der Waals surface area contributed by atoms with Crippen LogP contribution in [0.25, 0.3) is 22.9 Å². The molecule has 0 spiro atoms. The van der Waals surface area contributed by atoms with Crippen LogP contribution in [0, 0.1) is 23.3 Å². The zero-order valence-corrected chi connectivity index (χ0v) is 41.6. The maximum atomic E-state index is 15.0. The van der Waals surface area contributed by atoms with Crippen molar-refractivity contribution in [3.8, 4) is 22.9 Å². The summed E-state index contributed by atoms with van der Waals surface area (Å²) in [5, 5.41) is 34.0. The molecule has 2 saturated heterocycles. The molecule has 2 fully saturated rings. The van der Waals surface area contributed by atoms with E-state index in [0.29, 0.717) is 19.2 Å². The van der Waals surface area contributed by atoms with Crippen molar-refractivity contribution in [2.75, 3.05) is 55.5 Å². The zero-order chi connectivity index (χ0) is 54.6. The molecule has 4 heterocycles. The van der Waals surface area contributed by atoms with Crippen molar-refractivity contribution in [2.24, 2.45) is 0 Å². The second kappa shape index (κ2) is 26.6. The van der Waals surface area contributed by atoms with Gasteiger partial charge >= 0.3 is 12.9 Å². The highest BCUT2D eigenvalue weighted by molar-refractivity contribution is 7.86. The van der Waals surface area contributed by atoms with E-state index in [-0.39, 0.29) is 81.2 Å². The Balaban J connectivity index is 0.000000216. The predicted molar refractivity (Wildman–Crippen MR) is 255 cm³/mol. The first-order valence-electron chi connectivity index (χ1n) is 22.5. The van der Waals surface area contributed by atoms with E-state index in [1.165, 1.54) is 53.8 Å². The lowest BCUT2D eigenvalue weighted by Gasteiger charge is -2.28. The van der Waals surface area contributed by atoms with Gasteiger partial charge in [-0.25, -0.2) is 17.6 Å². The molecular weight excluding hydrogens is 1080 g/mol. The Morgan fingerprint density at radius 1 is 0.720 bits per heavy atom. The lowest BCUT2D eigenvalue weighted by molar-refractivity contribution is -0.121. The Labute approximate surface area is 433 Å². The van der Waals surface area contributed by atoms with Crippen LogP contribution in [0.15, 0.2) is 81.6 Å². The Morgan fingerprint density at radius 2 is 1.23 bits per heavy atom. The molecule has 2 amide bonds. The fraction of sp³-hybridized carbons (Fsp3) is 0.362. The molecule has 0 bridgehead atoms. The molecule has 3 N–H and O–H groups in total. The van der Waals surface area contributed by atoms with Crippen molar-refractivity contribution in [1.82, 2.24) is 30.6 Å². The number of aliphatic hydroxyl groups excluding tert-OH is 2. The summed E-state index contributed by atoms with van der Waals surface area (Å²) in [6.07, 6.45) is -1.24. The van der Waals surface area contributed by atoms with E-state index in [9.17, 15) is 53.8 Å². The van der Waals surface area contributed by atoms with Crippen LogP contribution in [-0.2, 0) is 37.0 Å². The van der Waals surface area contributed by atoms with Gasteiger partial charge in [0.1, 0.15) is 29.9 Å². The largest absolute Gasteiger partial charge is 0.415 e. The summed E-state index contributed by atoms with van der Waals surface area (Å²) in [6.45, 7) is 0.371. The first kappa shape index (κ1) is 58.1. The topological polar surface area (TPSA) is 218 Å². The van der Waals surface area contributed by atoms with Gasteiger partial charge in [-0.05, 0) is 99.4 Å². The number of carbonyl (C=O) groups is 2. The number of hydrogen-bond acceptors (Lipinski definition) is 15. The zero-order valence-electron chi connectivity index (χ0n) is 39.3. The number of nitrogens with one attached hydrogen (secondary N) is 1. The average molecular weight is 1120 g/mol. The molecule has 404 valence electrons. The number of benzene rings is 4. The highest BCUT2D eigenvalue weighted by Gasteiger charge is 2.29. The molecule has 8 rings (SSSR count). The molecule has 0 aliphatic carbocycles. The third-order valence-corrected chi connectivity index (χ3v) is 12.5. The van der Waals surface area contributed by atoms with Crippen molar-refractivity contribution in [3.05, 3.63) is 129 Å². The van der Waals surface area contributed by atoms with Crippen molar-refractivity contribution in [2.45, 2.75) is 63.7 Å². The van der Waals surface area contributed by atoms with Gasteiger partial charge in [-0.1, -0.05) is 35.3 Å². The number of anilines is 2. The minimum absolute atomic E-state index is 0.0127. The highest BCUT2D eigenvalue weighted by Crippen LogP contribution is 2.31. The second-order valence-electron chi connectivity index (χ2n) is 16.7. The van der Waals surface area contributed by atoms with Crippen LogP contribution in [-0.4, -0.2) is 114 Å². The number of rotatable bonds is 17. The maximum Gasteiger partial charge on any atom is 0.314 e. The van der Waals surface area contributed by atoms with Crippen LogP contribution in [0.5, 0.6) is 0 Å². The van der Waals surface area contributed by atoms with E-state index in [4.69, 9.17) is 37.1 Å². The molecule has 2 aromatic heterocycles. The van der Waals surface area contributed by atoms with Crippen LogP contribution in [0.1, 0.15) is 61.4 Å². The van der Waals surface area contributed by atoms with E-state index in [2.05, 4.69) is 29.9 Å². The third kappa shape index (κ3) is 16.2. The Kier molecular flexibility index (Phi) is 20.6. The van der Waals surface area contributed by atoms with Crippen molar-refractivity contribution < 1.29 is 76.4 Å². The number of nitrogens with zero attached hydrogens (tertiary/aromatic N) is 7. The number of hydrogen-bond donors (Lipinski definition) is 3. The first-order valence-corrected chi connectivity index (χ1v) is 25.1. The number of carbonyl (C=O) groups excluding carboxylic acids is 2. The number of aromatic nitrogens is 4. The standard InChI is InChI=1S/C23H21ClF4N4O3.C19H14ClF4N3O5S.C5H11NO/c24-17-9-15(5-6-18(17)25)32(20(34)11-31-7-1-2-16(31)12-33)10-14-4-3-13(8-19(14)26)22-29-30-23(35-22)21(27)28;1-33(29,30)31-9-16(28)27(12-4-5-14(21)13(20)7-12)8-11-3-2-10(6-15(11)22)18-25-26-19(32-18)17(23)24;7-4-5-2-1-3-6-5/h3-6,8-9,16,21,33H,1-2,7,10-12H2;2-7,17H,8-9H2,1H3;5-7H,1-4H2/t16-;;5-/m1.1/s1. The average Bonchev–Trinajstić information content (AvgIpc) is 4.23. The van der Waals surface area contributed by atoms with Crippen LogP contribution < -0.4 is 15.1 Å². The molecule has 2 aliphatic rings. The molecule has 4 aromatic carbocycles. The number of amides is 2. The summed E-state index contributed by atoms with van der Waals surface area (Å²) < 4.78 is 144. The molecule has 6 aromatic rings. The minimum Gasteiger partial charge on any atom is -0.415 e. The Morgan fingerprint density at radius 3 is 1.61 bits per heavy atom. The predicted octanol–water partition coefficient (Wildman–Crippen LogP) is 8.44. The lowest BCUT2D eigenvalue weighted by atomic mass is 10.1. The van der Waals surface area contributed by atoms with Crippen molar-refractivity contribution in [1.29, 1.82) is 0 Å². The molecule has 2 atom stereocenters. The van der Waals surface area contributed by atoms with Crippen molar-refractivity contribution in [3.63, 3.8) is 0 Å². The fourth-order valence-corrected chi connectivity index (χ4v) is 8.17. The second-order valence-corrected chi connectivity index (χ2v) is 19.1. The van der Waals surface area contributed by atoms with Gasteiger partial charge < -0.3 is 34.2 Å². The summed E-state index contributed by atoms with van der Waals surface area (Å²) in [5.41, 5.74) is 0.473. The monoisotopic (exact) mass is 1120 g/mol. The summed E-state index contributed by atoms with van der Waals surface area (Å²) >= 11 is 11.7. The number of halogens is 10. The molecule has 2 aliphatic heterocycles. The van der Waals surface area contributed by atoms with Crippen LogP contribution >= 0.6 is 23.2 Å². The highest BCUT2D eigenvalue weighted by atomic mass is 35.5. The van der Waals surface area contributed by atoms with E-state index >= 15 is 4.39 Å². The third-order valence-electron chi connectivity index (χ3n) is 11.4. The molecule has 0 radical (unpaired) electrons. The van der Waals surface area contributed by atoms with E-state index < -0.39 is 83.0 Å². The molecule has 0 unspecified atom stereocenters. The van der Waals surface area contributed by atoms with Gasteiger partial charge in [-0.3, -0.25) is 18.7 Å². The van der Waals surface area contributed by atoms with Gasteiger partial charge in [-0.2, -0.15) is 26.0 Å². The normalized spacial score (nSPS) is 15.7. The fourth-order valence-electron chi connectivity index (χ4n) is 7.51. The van der Waals surface area contributed by atoms with E-state index in [1.807, 2.05) is 4.90 Å². The quantitative estimate of drug-likeness (QED) is 0.0577. The van der Waals surface area contributed by atoms with Gasteiger partial charge in [0.05, 0.1) is 49.1 Å². The van der Waals surface area contributed by atoms with Gasteiger partial charge in [0.2, 0.25) is 17.7 Å². The van der Waals surface area contributed by atoms with Gasteiger partial charge in [0.25, 0.3) is 27.8 Å². The smallest absolute Gasteiger partial charge is 0.314 e. The first-order chi connectivity index (χ1) is 35.6. The molecule has 0 saturated carbocycles. The van der Waals surface area contributed by atoms with Crippen LogP contribution in [0.2, 0.25) is 10.0 Å². The van der Waals surface area contributed by atoms with E-state index in [1.54, 1.807) is 0 Å². The van der Waals surface area contributed by atoms with Crippen LogP contribution in [0.4, 0.5) is 46.5 Å². The van der Waals surface area contributed by atoms with Crippen molar-refractivity contribution >= 4 is 56.5 Å². The molecule has 17 nitrogen and oxygen atoms in total. The molecule has 75 heavy (non-hydrogen) atoms. The van der Waals surface area contributed by atoms with Gasteiger partial charge in [0.15, 0.2) is 0 Å². The maximum absolute atomic E-state index is 15.0. The number of alkyl halides is 4. The van der Waals surface area contributed by atoms with Gasteiger partial charge in [0, 0.05) is 45.7 Å². The minimum atomic E-state index is -3.96. The SMILES string of the molecule is CS(=O)(=O)OCC(=O)N(Cc1ccc(-c2nnc(C(F)F)o2)cc1F)c1ccc(F)c(Cl)c1.O=C(CN1CCC[C@@H]1CO)N(Cc1ccc(-c2nnc(C(F)F)o2)cc1F)c1ccc(F)c(Cl)c1.OC[C@H]1CCCN1. The summed E-state index contributed by atoms with van der Waals surface area (Å²) in [5.74, 6) is -6.72. The summed E-state index contributed by atoms with van der Waals surface area (Å²) in [6, 6.07) is 14.6. The Bertz CT molecular complexity index is 3030. The number of aliphatic hydroxyl groups is 2. The van der Waals surface area contributed by atoms with Crippen LogP contribution in [0.3, 0.4) is 0 Å². The molecule has 28 heteroatoms.